The van der Waals surface area contributed by atoms with Crippen molar-refractivity contribution in [2.75, 3.05) is 6.07 Å². The third kappa shape index (κ3) is 5.02. The van der Waals surface area contributed by atoms with E-state index in [1.165, 1.54) is 0 Å². The van der Waals surface area contributed by atoms with E-state index in [0.717, 1.165) is 0 Å². The van der Waals surface area contributed by atoms with Gasteiger partial charge in [0.2, 0.25) is 7.59 Å². The lowest BCUT2D eigenvalue weighted by molar-refractivity contribution is 0.0933. The minimum absolute atomic E-state index is 0.230. The molecule has 0 bridgehead atoms. The largest absolute Gasteiger partial charge is 0.354 e. The molecule has 0 aromatic rings. The molecule has 0 fully saturated rings. The first-order valence-electron chi connectivity index (χ1n) is 2.50. The third-order valence-corrected chi connectivity index (χ3v) is 2.14. The molecule has 0 saturated carbocycles. The monoisotopic (exact) mass is 312 g/mol. The Balaban J connectivity index is 4.45. The van der Waals surface area contributed by atoms with Crippen LogP contribution in [0.5, 0.6) is 0 Å². The Bertz CT molecular complexity index is 121. The molecular formula is C4H3Cl7O. The molecule has 0 atom stereocenters. The minimum atomic E-state index is -1.83. The minimum Gasteiger partial charge on any atom is -0.354 e. The predicted molar refractivity (Wildman–Crippen MR) is 56.2 cm³/mol. The Morgan fingerprint density at radius 1 is 0.917 bits per heavy atom. The Morgan fingerprint density at radius 3 is 1.33 bits per heavy atom. The smallest absolute Gasteiger partial charge is 0.220 e. The maximum atomic E-state index is 5.46. The summed E-state index contributed by atoms with van der Waals surface area (Å²) in [7, 11) is 0. The van der Waals surface area contributed by atoms with Crippen LogP contribution >= 0.6 is 81.2 Å². The van der Waals surface area contributed by atoms with Crippen LogP contribution in [0.1, 0.15) is 0 Å². The van der Waals surface area contributed by atoms with Crippen molar-refractivity contribution in [1.82, 2.24) is 0 Å². The van der Waals surface area contributed by atoms with E-state index in [0.29, 0.717) is 0 Å². The number of alkyl halides is 7. The molecule has 0 saturated heterocycles. The molecule has 0 aliphatic rings. The van der Waals surface area contributed by atoms with Gasteiger partial charge in [0.25, 0.3) is 0 Å². The molecule has 1 nitrogen and oxygen atoms in total. The fourth-order valence-corrected chi connectivity index (χ4v) is 2.43. The highest BCUT2D eigenvalue weighted by molar-refractivity contribution is 6.73. The summed E-state index contributed by atoms with van der Waals surface area (Å²) in [6.07, 6.45) is -1.21. The lowest BCUT2D eigenvalue weighted by Crippen LogP contribution is -2.40. The highest BCUT2D eigenvalue weighted by Crippen LogP contribution is 2.45. The van der Waals surface area contributed by atoms with Gasteiger partial charge in [-0.15, -0.1) is 0 Å². The standard InChI is InChI=1S/C4H3Cl7O/c5-1-12-2(3(6,7)8)4(9,10)11/h2H,1H2. The fourth-order valence-electron chi connectivity index (χ4n) is 0.438. The Labute approximate surface area is 105 Å². The summed E-state index contributed by atoms with van der Waals surface area (Å²) in [6.45, 7) is 0. The number of halogens is 7. The van der Waals surface area contributed by atoms with Gasteiger partial charge >= 0.3 is 0 Å². The second-order valence-electron chi connectivity index (χ2n) is 1.74. The van der Waals surface area contributed by atoms with Gasteiger partial charge in [-0.25, -0.2) is 0 Å². The van der Waals surface area contributed by atoms with Gasteiger partial charge in [-0.1, -0.05) is 81.2 Å². The summed E-state index contributed by atoms with van der Waals surface area (Å²) in [5.74, 6) is 0. The van der Waals surface area contributed by atoms with Crippen molar-refractivity contribution in [3.63, 3.8) is 0 Å². The second kappa shape index (κ2) is 5.18. The van der Waals surface area contributed by atoms with Crippen LogP contribution in [-0.4, -0.2) is 19.8 Å². The molecule has 0 amide bonds. The SMILES string of the molecule is ClCOC(C(Cl)(Cl)Cl)C(Cl)(Cl)Cl. The third-order valence-electron chi connectivity index (χ3n) is 0.824. The zero-order valence-corrected chi connectivity index (χ0v) is 10.6. The number of hydrogen-bond donors (Lipinski definition) is 0. The van der Waals surface area contributed by atoms with E-state index >= 15 is 0 Å². The summed E-state index contributed by atoms with van der Waals surface area (Å²) >= 11 is 38.0. The predicted octanol–water partition coefficient (Wildman–Crippen LogP) is 4.31. The summed E-state index contributed by atoms with van der Waals surface area (Å²) in [5, 5.41) is 0. The van der Waals surface area contributed by atoms with Crippen LogP contribution in [0.25, 0.3) is 0 Å². The average molecular weight is 315 g/mol. The van der Waals surface area contributed by atoms with Crippen molar-refractivity contribution in [1.29, 1.82) is 0 Å². The van der Waals surface area contributed by atoms with Crippen LogP contribution in [0.3, 0.4) is 0 Å². The zero-order chi connectivity index (χ0) is 9.99. The van der Waals surface area contributed by atoms with Crippen molar-refractivity contribution in [3.05, 3.63) is 0 Å². The van der Waals surface area contributed by atoms with Crippen LogP contribution in [0.15, 0.2) is 0 Å². The molecule has 0 spiro atoms. The van der Waals surface area contributed by atoms with E-state index in [1.54, 1.807) is 0 Å². The van der Waals surface area contributed by atoms with Gasteiger partial charge in [-0.05, 0) is 0 Å². The second-order valence-corrected chi connectivity index (χ2v) is 6.70. The van der Waals surface area contributed by atoms with Gasteiger partial charge in [0, 0.05) is 0 Å². The van der Waals surface area contributed by atoms with Crippen LogP contribution in [0.4, 0.5) is 0 Å². The Kier molecular flexibility index (Phi) is 6.04. The van der Waals surface area contributed by atoms with Gasteiger partial charge < -0.3 is 4.74 Å². The molecule has 0 rings (SSSR count). The summed E-state index contributed by atoms with van der Waals surface area (Å²) < 4.78 is 1.08. The number of hydrogen-bond acceptors (Lipinski definition) is 1. The zero-order valence-electron chi connectivity index (χ0n) is 5.34. The first-order valence-corrected chi connectivity index (χ1v) is 5.31. The summed E-state index contributed by atoms with van der Waals surface area (Å²) in [5.41, 5.74) is 0. The van der Waals surface area contributed by atoms with Gasteiger partial charge in [0.05, 0.1) is 0 Å². The maximum Gasteiger partial charge on any atom is 0.220 e. The quantitative estimate of drug-likeness (QED) is 0.690. The number of rotatable bonds is 2. The summed E-state index contributed by atoms with van der Waals surface area (Å²) in [6, 6.07) is -0.230. The maximum absolute atomic E-state index is 5.46. The van der Waals surface area contributed by atoms with Crippen LogP contribution in [0.2, 0.25) is 0 Å². The highest BCUT2D eigenvalue weighted by Gasteiger charge is 2.47. The molecule has 0 aromatic carbocycles. The molecule has 0 heterocycles. The van der Waals surface area contributed by atoms with Gasteiger partial charge in [-0.2, -0.15) is 0 Å². The van der Waals surface area contributed by atoms with Crippen LogP contribution < -0.4 is 0 Å². The average Bonchev–Trinajstić information content (AvgIpc) is 1.77. The molecule has 0 N–H and O–H groups in total. The first-order chi connectivity index (χ1) is 5.19. The van der Waals surface area contributed by atoms with Crippen LogP contribution in [-0.2, 0) is 4.74 Å². The fraction of sp³-hybridized carbons (Fsp3) is 1.00. The topological polar surface area (TPSA) is 9.23 Å². The molecular weight excluding hydrogens is 312 g/mol. The molecule has 0 aliphatic heterocycles. The lowest BCUT2D eigenvalue weighted by atomic mass is 10.4. The van der Waals surface area contributed by atoms with Gasteiger partial charge in [0.1, 0.15) is 6.07 Å². The highest BCUT2D eigenvalue weighted by atomic mass is 35.6. The van der Waals surface area contributed by atoms with Crippen molar-refractivity contribution in [2.45, 2.75) is 13.7 Å². The molecule has 8 heteroatoms. The molecule has 0 aliphatic carbocycles. The van der Waals surface area contributed by atoms with E-state index in [2.05, 4.69) is 0 Å². The van der Waals surface area contributed by atoms with Gasteiger partial charge in [0.15, 0.2) is 6.10 Å². The van der Waals surface area contributed by atoms with Crippen molar-refractivity contribution >= 4 is 81.2 Å². The van der Waals surface area contributed by atoms with E-state index in [9.17, 15) is 0 Å². The van der Waals surface area contributed by atoms with Crippen molar-refractivity contribution in [2.24, 2.45) is 0 Å². The summed E-state index contributed by atoms with van der Waals surface area (Å²) in [4.78, 5) is 0. The van der Waals surface area contributed by atoms with E-state index in [-0.39, 0.29) is 6.07 Å². The van der Waals surface area contributed by atoms with Crippen LogP contribution in [0, 0.1) is 0 Å². The van der Waals surface area contributed by atoms with E-state index in [4.69, 9.17) is 85.9 Å². The van der Waals surface area contributed by atoms with Crippen molar-refractivity contribution < 1.29 is 4.74 Å². The molecule has 74 valence electrons. The first kappa shape index (κ1) is 14.0. The van der Waals surface area contributed by atoms with Gasteiger partial charge in [-0.3, -0.25) is 0 Å². The molecule has 0 unspecified atom stereocenters. The normalized spacial score (nSPS) is 14.0. The van der Waals surface area contributed by atoms with E-state index in [1.807, 2.05) is 0 Å². The number of ether oxygens (including phenoxy) is 1. The Morgan fingerprint density at radius 2 is 1.25 bits per heavy atom. The Hall–Kier alpha value is 1.99. The molecule has 0 radical (unpaired) electrons. The lowest BCUT2D eigenvalue weighted by Gasteiger charge is -2.29. The molecule has 12 heavy (non-hydrogen) atoms. The van der Waals surface area contributed by atoms with Crippen molar-refractivity contribution in [3.8, 4) is 0 Å². The van der Waals surface area contributed by atoms with E-state index < -0.39 is 13.7 Å². The molecule has 0 aromatic heterocycles.